The molecule has 0 bridgehead atoms. The molecule has 4 amide bonds. The van der Waals surface area contributed by atoms with E-state index in [2.05, 4.69) is 21.8 Å². The predicted molar refractivity (Wildman–Crippen MR) is 132 cm³/mol. The number of piperidine rings is 1. The molecule has 3 aliphatic rings. The number of hydrogen-bond acceptors (Lipinski definition) is 7. The maximum absolute atomic E-state index is 13.3. The van der Waals surface area contributed by atoms with E-state index in [1.54, 1.807) is 24.4 Å². The van der Waals surface area contributed by atoms with Crippen LogP contribution in [0.5, 0.6) is 5.75 Å². The van der Waals surface area contributed by atoms with E-state index >= 15 is 0 Å². The fourth-order valence-electron chi connectivity index (χ4n) is 5.29. The highest BCUT2D eigenvalue weighted by molar-refractivity contribution is 6.25. The summed E-state index contributed by atoms with van der Waals surface area (Å²) in [7, 11) is 0. The molecule has 2 atom stereocenters. The lowest BCUT2D eigenvalue weighted by molar-refractivity contribution is -0.136. The zero-order valence-electron chi connectivity index (χ0n) is 20.0. The molecule has 3 aromatic rings. The molecule has 37 heavy (non-hydrogen) atoms. The zero-order valence-corrected chi connectivity index (χ0v) is 20.0. The van der Waals surface area contributed by atoms with Crippen molar-refractivity contribution in [1.29, 1.82) is 0 Å². The van der Waals surface area contributed by atoms with E-state index in [0.29, 0.717) is 24.8 Å². The molecule has 1 fully saturated rings. The molecule has 1 saturated heterocycles. The number of rotatable bonds is 6. The molecule has 188 valence electrons. The Kier molecular flexibility index (Phi) is 5.71. The summed E-state index contributed by atoms with van der Waals surface area (Å²) < 4.78 is 7.68. The van der Waals surface area contributed by atoms with E-state index in [9.17, 15) is 19.2 Å². The minimum absolute atomic E-state index is 0.0817. The van der Waals surface area contributed by atoms with E-state index < -0.39 is 29.7 Å². The Balaban J connectivity index is 1.16. The number of para-hydroxylation sites is 1. The first-order chi connectivity index (χ1) is 18.0. The summed E-state index contributed by atoms with van der Waals surface area (Å²) in [5.41, 5.74) is 3.11. The van der Waals surface area contributed by atoms with Crippen LogP contribution in [0.25, 0.3) is 0 Å². The van der Waals surface area contributed by atoms with Crippen LogP contribution in [0.3, 0.4) is 0 Å². The average Bonchev–Trinajstić information content (AvgIpc) is 3.45. The smallest absolute Gasteiger partial charge is 0.264 e. The summed E-state index contributed by atoms with van der Waals surface area (Å²) in [6.07, 6.45) is 4.87. The van der Waals surface area contributed by atoms with Gasteiger partial charge in [0.2, 0.25) is 11.8 Å². The molecule has 3 aliphatic heterocycles. The Morgan fingerprint density at radius 1 is 1.03 bits per heavy atom. The monoisotopic (exact) mass is 499 g/mol. The Bertz CT molecular complexity index is 1430. The summed E-state index contributed by atoms with van der Waals surface area (Å²) in [4.78, 5) is 51.1. The van der Waals surface area contributed by atoms with Crippen molar-refractivity contribution in [3.05, 3.63) is 77.1 Å². The van der Waals surface area contributed by atoms with Gasteiger partial charge in [-0.2, -0.15) is 5.10 Å². The highest BCUT2D eigenvalue weighted by atomic mass is 16.5. The van der Waals surface area contributed by atoms with Gasteiger partial charge >= 0.3 is 0 Å². The first-order valence-electron chi connectivity index (χ1n) is 12.3. The molecule has 2 unspecified atom stereocenters. The second-order valence-electron chi connectivity index (χ2n) is 9.47. The van der Waals surface area contributed by atoms with Crippen molar-refractivity contribution in [3.63, 3.8) is 0 Å². The van der Waals surface area contributed by atoms with Crippen LogP contribution in [0, 0.1) is 0 Å². The van der Waals surface area contributed by atoms with Gasteiger partial charge in [0, 0.05) is 42.9 Å². The van der Waals surface area contributed by atoms with Gasteiger partial charge in [-0.25, -0.2) is 0 Å². The van der Waals surface area contributed by atoms with Crippen molar-refractivity contribution in [2.45, 2.75) is 44.3 Å². The van der Waals surface area contributed by atoms with Crippen molar-refractivity contribution in [2.24, 2.45) is 0 Å². The van der Waals surface area contributed by atoms with Crippen LogP contribution in [0.15, 0.2) is 54.9 Å². The molecule has 6 rings (SSSR count). The van der Waals surface area contributed by atoms with Crippen molar-refractivity contribution >= 4 is 29.3 Å². The Morgan fingerprint density at radius 3 is 2.76 bits per heavy atom. The topological polar surface area (TPSA) is 123 Å². The summed E-state index contributed by atoms with van der Waals surface area (Å²) in [5.74, 6) is -0.850. The number of carbonyl (C=O) groups is 4. The van der Waals surface area contributed by atoms with Gasteiger partial charge < -0.3 is 10.1 Å². The van der Waals surface area contributed by atoms with Gasteiger partial charge in [0.25, 0.3) is 11.8 Å². The first kappa shape index (κ1) is 23.0. The molecule has 0 aliphatic carbocycles. The fourth-order valence-corrected chi connectivity index (χ4v) is 5.29. The fraction of sp³-hybridized carbons (Fsp3) is 0.296. The normalized spacial score (nSPS) is 20.8. The maximum Gasteiger partial charge on any atom is 0.264 e. The summed E-state index contributed by atoms with van der Waals surface area (Å²) in [5, 5.41) is 9.99. The van der Waals surface area contributed by atoms with Gasteiger partial charge in [-0.15, -0.1) is 0 Å². The Hall–Kier alpha value is -4.47. The van der Waals surface area contributed by atoms with E-state index in [1.807, 2.05) is 29.1 Å². The van der Waals surface area contributed by atoms with Crippen LogP contribution in [-0.4, -0.2) is 51.0 Å². The van der Waals surface area contributed by atoms with E-state index in [4.69, 9.17) is 4.74 Å². The van der Waals surface area contributed by atoms with Gasteiger partial charge in [-0.05, 0) is 36.6 Å². The third-order valence-corrected chi connectivity index (χ3v) is 7.13. The number of hydrogen-bond donors (Lipinski definition) is 2. The van der Waals surface area contributed by atoms with Crippen LogP contribution >= 0.6 is 0 Å². The number of benzene rings is 2. The standard InChI is InChI=1S/C27H25N5O5/c33-23-9-8-21(25(34)30-23)32-26(35)19-5-3-6-20(24(19)27(32)36)28-12-16-13-29-31(14-16)15-17-10-11-37-22-7-2-1-4-18(17)22/h1-7,13-14,17,21,28H,8-12,15H2,(H,30,33,34). The van der Waals surface area contributed by atoms with E-state index in [0.717, 1.165) is 29.2 Å². The van der Waals surface area contributed by atoms with Crippen LogP contribution < -0.4 is 15.4 Å². The summed E-state index contributed by atoms with van der Waals surface area (Å²) in [6.45, 7) is 1.81. The lowest BCUT2D eigenvalue weighted by Gasteiger charge is -2.27. The zero-order chi connectivity index (χ0) is 25.5. The molecule has 2 N–H and O–H groups in total. The van der Waals surface area contributed by atoms with Crippen molar-refractivity contribution in [2.75, 3.05) is 11.9 Å². The Labute approximate surface area is 212 Å². The number of imide groups is 2. The molecule has 2 aromatic carbocycles. The molecule has 0 radical (unpaired) electrons. The van der Waals surface area contributed by atoms with Crippen LogP contribution in [0.2, 0.25) is 0 Å². The number of aromatic nitrogens is 2. The molecular formula is C27H25N5O5. The molecule has 10 heteroatoms. The molecule has 0 saturated carbocycles. The van der Waals surface area contributed by atoms with Crippen LogP contribution in [-0.2, 0) is 22.7 Å². The summed E-state index contributed by atoms with van der Waals surface area (Å²) in [6, 6.07) is 12.1. The van der Waals surface area contributed by atoms with E-state index in [1.165, 1.54) is 5.56 Å². The average molecular weight is 500 g/mol. The molecular weight excluding hydrogens is 474 g/mol. The van der Waals surface area contributed by atoms with Crippen molar-refractivity contribution in [1.82, 2.24) is 20.0 Å². The number of amides is 4. The third-order valence-electron chi connectivity index (χ3n) is 7.13. The highest BCUT2D eigenvalue weighted by Gasteiger charge is 2.45. The Morgan fingerprint density at radius 2 is 1.89 bits per heavy atom. The summed E-state index contributed by atoms with van der Waals surface area (Å²) >= 11 is 0. The minimum atomic E-state index is -0.994. The van der Waals surface area contributed by atoms with Crippen LogP contribution in [0.1, 0.15) is 57.0 Å². The largest absolute Gasteiger partial charge is 0.493 e. The lowest BCUT2D eigenvalue weighted by Crippen LogP contribution is -2.54. The number of ether oxygens (including phenoxy) is 1. The second-order valence-corrected chi connectivity index (χ2v) is 9.47. The SMILES string of the molecule is O=C1CCC(N2C(=O)c3cccc(NCc4cnn(CC5CCOc6ccccc65)c4)c3C2=O)C(=O)N1. The van der Waals surface area contributed by atoms with Gasteiger partial charge in [0.1, 0.15) is 11.8 Å². The second kappa shape index (κ2) is 9.20. The van der Waals surface area contributed by atoms with Gasteiger partial charge in [-0.1, -0.05) is 24.3 Å². The number of carbonyl (C=O) groups excluding carboxylic acids is 4. The predicted octanol–water partition coefficient (Wildman–Crippen LogP) is 2.46. The highest BCUT2D eigenvalue weighted by Crippen LogP contribution is 2.35. The lowest BCUT2D eigenvalue weighted by atomic mass is 9.93. The molecule has 10 nitrogen and oxygen atoms in total. The third kappa shape index (κ3) is 4.14. The van der Waals surface area contributed by atoms with Gasteiger partial charge in [-0.3, -0.25) is 34.1 Å². The molecule has 0 spiro atoms. The number of anilines is 1. The van der Waals surface area contributed by atoms with E-state index in [-0.39, 0.29) is 24.0 Å². The van der Waals surface area contributed by atoms with Gasteiger partial charge in [0.15, 0.2) is 0 Å². The van der Waals surface area contributed by atoms with Gasteiger partial charge in [0.05, 0.1) is 23.9 Å². The minimum Gasteiger partial charge on any atom is -0.493 e. The molecule has 4 heterocycles. The van der Waals surface area contributed by atoms with Crippen LogP contribution in [0.4, 0.5) is 5.69 Å². The first-order valence-corrected chi connectivity index (χ1v) is 12.3. The number of nitrogens with one attached hydrogen (secondary N) is 2. The van der Waals surface area contributed by atoms with Crippen molar-refractivity contribution in [3.8, 4) is 5.75 Å². The maximum atomic E-state index is 13.3. The quantitative estimate of drug-likeness (QED) is 0.500. The number of nitrogens with zero attached hydrogens (tertiary/aromatic N) is 3. The number of fused-ring (bicyclic) bond motifs is 2. The van der Waals surface area contributed by atoms with Crippen molar-refractivity contribution < 1.29 is 23.9 Å². The molecule has 1 aromatic heterocycles.